The fourth-order valence-electron chi connectivity index (χ4n) is 3.67. The molecule has 2 aliphatic rings. The van der Waals surface area contributed by atoms with E-state index in [1.54, 1.807) is 0 Å². The lowest BCUT2D eigenvalue weighted by Crippen LogP contribution is -2.48. The van der Waals surface area contributed by atoms with Gasteiger partial charge in [-0.25, -0.2) is 0 Å². The Labute approximate surface area is 117 Å². The van der Waals surface area contributed by atoms with Gasteiger partial charge < -0.3 is 11.1 Å². The van der Waals surface area contributed by atoms with Gasteiger partial charge in [0.1, 0.15) is 0 Å². The highest BCUT2D eigenvalue weighted by Crippen LogP contribution is 2.32. The first-order valence-electron chi connectivity index (χ1n) is 7.94. The Morgan fingerprint density at radius 1 is 1.32 bits per heavy atom. The molecular formula is C15H29N3O. The molecule has 1 amide bonds. The van der Waals surface area contributed by atoms with Gasteiger partial charge in [0.05, 0.1) is 5.92 Å². The average molecular weight is 267 g/mol. The number of hydrogen-bond donors (Lipinski definition) is 2. The highest BCUT2D eigenvalue weighted by Gasteiger charge is 2.32. The maximum absolute atomic E-state index is 12.1. The Hall–Kier alpha value is -0.610. The molecule has 0 spiro atoms. The normalized spacial score (nSPS) is 27.4. The predicted octanol–water partition coefficient (Wildman–Crippen LogP) is 1.35. The Kier molecular flexibility index (Phi) is 5.64. The number of nitrogens with one attached hydrogen (secondary N) is 1. The molecule has 1 heterocycles. The zero-order chi connectivity index (χ0) is 13.7. The van der Waals surface area contributed by atoms with Crippen LogP contribution in [0.5, 0.6) is 0 Å². The summed E-state index contributed by atoms with van der Waals surface area (Å²) in [5.41, 5.74) is 5.44. The molecule has 2 rings (SSSR count). The summed E-state index contributed by atoms with van der Waals surface area (Å²) >= 11 is 0. The summed E-state index contributed by atoms with van der Waals surface area (Å²) in [6.07, 6.45) is 7.72. The number of nitrogens with two attached hydrogens (primary N) is 1. The van der Waals surface area contributed by atoms with E-state index in [1.165, 1.54) is 32.2 Å². The van der Waals surface area contributed by atoms with Crippen molar-refractivity contribution in [2.75, 3.05) is 26.2 Å². The third-order valence-electron chi connectivity index (χ3n) is 4.93. The van der Waals surface area contributed by atoms with Crippen LogP contribution >= 0.6 is 0 Å². The van der Waals surface area contributed by atoms with Crippen LogP contribution < -0.4 is 11.1 Å². The predicted molar refractivity (Wildman–Crippen MR) is 77.8 cm³/mol. The Morgan fingerprint density at radius 3 is 2.74 bits per heavy atom. The molecule has 0 aromatic rings. The van der Waals surface area contributed by atoms with Crippen molar-refractivity contribution in [1.29, 1.82) is 0 Å². The van der Waals surface area contributed by atoms with Gasteiger partial charge in [-0.1, -0.05) is 12.8 Å². The molecule has 2 fully saturated rings. The van der Waals surface area contributed by atoms with Crippen LogP contribution in [0.4, 0.5) is 0 Å². The summed E-state index contributed by atoms with van der Waals surface area (Å²) in [5, 5.41) is 2.94. The molecule has 2 unspecified atom stereocenters. The van der Waals surface area contributed by atoms with Gasteiger partial charge in [0.25, 0.3) is 0 Å². The van der Waals surface area contributed by atoms with E-state index in [9.17, 15) is 4.79 Å². The zero-order valence-electron chi connectivity index (χ0n) is 12.2. The molecule has 4 heteroatoms. The molecule has 3 N–H and O–H groups in total. The van der Waals surface area contributed by atoms with Crippen LogP contribution in [0.25, 0.3) is 0 Å². The smallest absolute Gasteiger partial charge is 0.224 e. The van der Waals surface area contributed by atoms with E-state index in [0.29, 0.717) is 19.1 Å². The molecule has 4 nitrogen and oxygen atoms in total. The van der Waals surface area contributed by atoms with E-state index in [4.69, 9.17) is 5.73 Å². The van der Waals surface area contributed by atoms with Gasteiger partial charge in [-0.2, -0.15) is 0 Å². The number of amides is 1. The third kappa shape index (κ3) is 3.93. The second-order valence-corrected chi connectivity index (χ2v) is 6.20. The Morgan fingerprint density at radius 2 is 2.05 bits per heavy atom. The lowest BCUT2D eigenvalue weighted by molar-refractivity contribution is -0.127. The van der Waals surface area contributed by atoms with Crippen LogP contribution in [-0.4, -0.2) is 43.0 Å². The van der Waals surface area contributed by atoms with E-state index < -0.39 is 0 Å². The van der Waals surface area contributed by atoms with Crippen molar-refractivity contribution < 1.29 is 4.79 Å². The summed E-state index contributed by atoms with van der Waals surface area (Å²) in [5.74, 6) is 1.23. The molecule has 1 aliphatic carbocycles. The van der Waals surface area contributed by atoms with Gasteiger partial charge in [0, 0.05) is 25.7 Å². The second-order valence-electron chi connectivity index (χ2n) is 6.20. The average Bonchev–Trinajstić information content (AvgIpc) is 2.98. The van der Waals surface area contributed by atoms with Gasteiger partial charge in [0.2, 0.25) is 5.91 Å². The number of piperidine rings is 1. The lowest BCUT2D eigenvalue weighted by atomic mass is 9.91. The van der Waals surface area contributed by atoms with E-state index in [1.807, 2.05) is 0 Å². The lowest BCUT2D eigenvalue weighted by Gasteiger charge is -2.38. The zero-order valence-corrected chi connectivity index (χ0v) is 12.2. The summed E-state index contributed by atoms with van der Waals surface area (Å²) in [6, 6.07) is 0.646. The number of nitrogens with zero attached hydrogens (tertiary/aromatic N) is 1. The number of likely N-dealkylation sites (tertiary alicyclic amines) is 1. The fraction of sp³-hybridized carbons (Fsp3) is 0.933. The number of hydrogen-bond acceptors (Lipinski definition) is 3. The SMILES string of the molecule is CC(C1CCCC1)N1CCCC(C(=O)NCCN)C1. The molecule has 2 atom stereocenters. The van der Waals surface area contributed by atoms with Crippen LogP contribution in [0.1, 0.15) is 45.4 Å². The van der Waals surface area contributed by atoms with E-state index in [-0.39, 0.29) is 11.8 Å². The molecule has 19 heavy (non-hydrogen) atoms. The molecule has 0 aromatic carbocycles. The highest BCUT2D eigenvalue weighted by atomic mass is 16.1. The number of carbonyl (C=O) groups is 1. The van der Waals surface area contributed by atoms with Crippen molar-refractivity contribution in [2.24, 2.45) is 17.6 Å². The molecule has 1 saturated heterocycles. The van der Waals surface area contributed by atoms with Gasteiger partial charge >= 0.3 is 0 Å². The first-order valence-corrected chi connectivity index (χ1v) is 7.94. The third-order valence-corrected chi connectivity index (χ3v) is 4.93. The van der Waals surface area contributed by atoms with Crippen molar-refractivity contribution in [3.63, 3.8) is 0 Å². The monoisotopic (exact) mass is 267 g/mol. The van der Waals surface area contributed by atoms with Gasteiger partial charge in [-0.05, 0) is 45.1 Å². The van der Waals surface area contributed by atoms with E-state index in [2.05, 4.69) is 17.1 Å². The summed E-state index contributed by atoms with van der Waals surface area (Å²) in [4.78, 5) is 14.6. The van der Waals surface area contributed by atoms with Crippen LogP contribution in [0.15, 0.2) is 0 Å². The maximum atomic E-state index is 12.1. The number of rotatable bonds is 5. The van der Waals surface area contributed by atoms with Crippen LogP contribution in [0.2, 0.25) is 0 Å². The fourth-order valence-corrected chi connectivity index (χ4v) is 3.67. The topological polar surface area (TPSA) is 58.4 Å². The molecule has 0 bridgehead atoms. The molecule has 0 radical (unpaired) electrons. The minimum atomic E-state index is 0.171. The number of carbonyl (C=O) groups excluding carboxylic acids is 1. The maximum Gasteiger partial charge on any atom is 0.224 e. The van der Waals surface area contributed by atoms with Crippen LogP contribution in [0.3, 0.4) is 0 Å². The van der Waals surface area contributed by atoms with Crippen molar-refractivity contribution in [3.05, 3.63) is 0 Å². The second kappa shape index (κ2) is 7.25. The molecule has 0 aromatic heterocycles. The van der Waals surface area contributed by atoms with Gasteiger partial charge in [-0.15, -0.1) is 0 Å². The van der Waals surface area contributed by atoms with Crippen molar-refractivity contribution >= 4 is 5.91 Å². The first-order chi connectivity index (χ1) is 9.22. The minimum absolute atomic E-state index is 0.171. The van der Waals surface area contributed by atoms with Crippen LogP contribution in [0, 0.1) is 11.8 Å². The molecule has 1 saturated carbocycles. The summed E-state index contributed by atoms with van der Waals surface area (Å²) in [6.45, 7) is 5.59. The van der Waals surface area contributed by atoms with Gasteiger partial charge in [-0.3, -0.25) is 9.69 Å². The summed E-state index contributed by atoms with van der Waals surface area (Å²) in [7, 11) is 0. The molecule has 1 aliphatic heterocycles. The Balaban J connectivity index is 1.83. The van der Waals surface area contributed by atoms with Crippen molar-refractivity contribution in [1.82, 2.24) is 10.2 Å². The molecule has 110 valence electrons. The first kappa shape index (κ1) is 14.8. The standard InChI is InChI=1S/C15H29N3O/c1-12(13-5-2-3-6-13)18-10-4-7-14(11-18)15(19)17-9-8-16/h12-14H,2-11,16H2,1H3,(H,17,19). The van der Waals surface area contributed by atoms with E-state index in [0.717, 1.165) is 25.3 Å². The van der Waals surface area contributed by atoms with E-state index >= 15 is 0 Å². The van der Waals surface area contributed by atoms with Crippen molar-refractivity contribution in [2.45, 2.75) is 51.5 Å². The minimum Gasteiger partial charge on any atom is -0.355 e. The van der Waals surface area contributed by atoms with Gasteiger partial charge in [0.15, 0.2) is 0 Å². The largest absolute Gasteiger partial charge is 0.355 e. The highest BCUT2D eigenvalue weighted by molar-refractivity contribution is 5.78. The van der Waals surface area contributed by atoms with Crippen molar-refractivity contribution in [3.8, 4) is 0 Å². The quantitative estimate of drug-likeness (QED) is 0.790. The van der Waals surface area contributed by atoms with Crippen LogP contribution in [-0.2, 0) is 4.79 Å². The Bertz CT molecular complexity index is 289. The summed E-state index contributed by atoms with van der Waals surface area (Å²) < 4.78 is 0. The molecular weight excluding hydrogens is 238 g/mol.